The Kier molecular flexibility index (Phi) is 4.30. The second-order valence-corrected chi connectivity index (χ2v) is 7.74. The zero-order valence-electron chi connectivity index (χ0n) is 15.0. The summed E-state index contributed by atoms with van der Waals surface area (Å²) >= 11 is 6.17. The molecule has 0 saturated heterocycles. The molecule has 2 bridgehead atoms. The lowest BCUT2D eigenvalue weighted by molar-refractivity contribution is -0.0414. The fourth-order valence-electron chi connectivity index (χ4n) is 4.83. The van der Waals surface area contributed by atoms with Crippen molar-refractivity contribution in [2.75, 3.05) is 0 Å². The highest BCUT2D eigenvalue weighted by molar-refractivity contribution is 6.32. The van der Waals surface area contributed by atoms with Gasteiger partial charge in [0.2, 0.25) is 0 Å². The summed E-state index contributed by atoms with van der Waals surface area (Å²) in [6.07, 6.45) is 6.21. The molecule has 0 aliphatic heterocycles. The van der Waals surface area contributed by atoms with E-state index in [0.29, 0.717) is 5.92 Å². The summed E-state index contributed by atoms with van der Waals surface area (Å²) in [5.41, 5.74) is 1.46. The zero-order chi connectivity index (χ0) is 18.5. The Balaban J connectivity index is 1.74. The van der Waals surface area contributed by atoms with Crippen molar-refractivity contribution in [1.29, 1.82) is 0 Å². The van der Waals surface area contributed by atoms with Crippen LogP contribution in [0.1, 0.15) is 66.4 Å². The predicted octanol–water partition coefficient (Wildman–Crippen LogP) is 4.96. The standard InChI is InChI=1S/C20H22ClFN2O2/c1-3-4-5-16-14-8-9-20(16,17-10-12(22)6-7-13(14)17)26-19(25)15-11-23-24(2)18(15)21/h6-7,10-11,14,16H,3-5,8-9H2,1-2H3. The summed E-state index contributed by atoms with van der Waals surface area (Å²) in [4.78, 5) is 12.9. The predicted molar refractivity (Wildman–Crippen MR) is 96.7 cm³/mol. The lowest BCUT2D eigenvalue weighted by Crippen LogP contribution is -2.34. The average Bonchev–Trinajstić information content (AvgIpc) is 3.22. The van der Waals surface area contributed by atoms with Crippen molar-refractivity contribution >= 4 is 17.6 Å². The molecule has 3 unspecified atom stereocenters. The van der Waals surface area contributed by atoms with Crippen LogP contribution in [0.25, 0.3) is 0 Å². The molecule has 1 heterocycles. The minimum Gasteiger partial charge on any atom is -0.450 e. The Morgan fingerprint density at radius 2 is 2.31 bits per heavy atom. The maximum Gasteiger partial charge on any atom is 0.343 e. The summed E-state index contributed by atoms with van der Waals surface area (Å²) < 4.78 is 21.5. The quantitative estimate of drug-likeness (QED) is 0.692. The lowest BCUT2D eigenvalue weighted by Gasteiger charge is -2.33. The highest BCUT2D eigenvalue weighted by Crippen LogP contribution is 2.63. The van der Waals surface area contributed by atoms with Crippen LogP contribution in [0.5, 0.6) is 0 Å². The number of fused-ring (bicyclic) bond motifs is 5. The SMILES string of the molecule is CCCCC1C2CCC1(OC(=O)c1cnn(C)c1Cl)c1cc(F)ccc12. The van der Waals surface area contributed by atoms with Gasteiger partial charge in [-0.1, -0.05) is 37.4 Å². The van der Waals surface area contributed by atoms with Crippen LogP contribution in [0.3, 0.4) is 0 Å². The Morgan fingerprint density at radius 1 is 1.50 bits per heavy atom. The second-order valence-electron chi connectivity index (χ2n) is 7.38. The fraction of sp³-hybridized carbons (Fsp3) is 0.500. The van der Waals surface area contributed by atoms with E-state index in [1.165, 1.54) is 16.9 Å². The fourth-order valence-corrected chi connectivity index (χ4v) is 5.00. The largest absolute Gasteiger partial charge is 0.450 e. The summed E-state index contributed by atoms with van der Waals surface area (Å²) in [5, 5.41) is 4.27. The van der Waals surface area contributed by atoms with Crippen LogP contribution in [0, 0.1) is 11.7 Å². The maximum absolute atomic E-state index is 14.0. The first-order valence-electron chi connectivity index (χ1n) is 9.18. The van der Waals surface area contributed by atoms with Gasteiger partial charge in [0.25, 0.3) is 0 Å². The van der Waals surface area contributed by atoms with E-state index in [0.717, 1.165) is 43.2 Å². The van der Waals surface area contributed by atoms with Crippen LogP contribution in [0.15, 0.2) is 24.4 Å². The molecule has 6 heteroatoms. The number of carbonyl (C=O) groups is 1. The second kappa shape index (κ2) is 6.38. The summed E-state index contributed by atoms with van der Waals surface area (Å²) in [6, 6.07) is 4.91. The molecule has 2 aliphatic rings. The van der Waals surface area contributed by atoms with Crippen LogP contribution >= 0.6 is 11.6 Å². The third-order valence-corrected chi connectivity index (χ3v) is 6.46. The van der Waals surface area contributed by atoms with Gasteiger partial charge in [0.1, 0.15) is 22.1 Å². The van der Waals surface area contributed by atoms with E-state index >= 15 is 0 Å². The summed E-state index contributed by atoms with van der Waals surface area (Å²) in [6.45, 7) is 2.15. The Hall–Kier alpha value is -1.88. The summed E-state index contributed by atoms with van der Waals surface area (Å²) in [5.74, 6) is -0.254. The number of nitrogens with zero attached hydrogens (tertiary/aromatic N) is 2. The number of hydrogen-bond acceptors (Lipinski definition) is 3. The van der Waals surface area contributed by atoms with Gasteiger partial charge in [0, 0.05) is 18.5 Å². The maximum atomic E-state index is 14.0. The van der Waals surface area contributed by atoms with Crippen molar-refractivity contribution in [1.82, 2.24) is 9.78 Å². The molecule has 3 atom stereocenters. The third kappa shape index (κ3) is 2.48. The van der Waals surface area contributed by atoms with E-state index < -0.39 is 11.6 Å². The minimum atomic E-state index is -0.756. The van der Waals surface area contributed by atoms with Crippen molar-refractivity contribution in [3.8, 4) is 0 Å². The lowest BCUT2D eigenvalue weighted by atomic mass is 9.85. The molecule has 138 valence electrons. The molecular weight excluding hydrogens is 355 g/mol. The number of rotatable bonds is 5. The van der Waals surface area contributed by atoms with Crippen molar-refractivity contribution in [2.45, 2.75) is 50.5 Å². The van der Waals surface area contributed by atoms with Gasteiger partial charge >= 0.3 is 5.97 Å². The van der Waals surface area contributed by atoms with Gasteiger partial charge in [0.05, 0.1) is 6.20 Å². The number of carbonyl (C=O) groups excluding carboxylic acids is 1. The van der Waals surface area contributed by atoms with Gasteiger partial charge in [-0.25, -0.2) is 9.18 Å². The first-order chi connectivity index (χ1) is 12.5. The van der Waals surface area contributed by atoms with Crippen molar-refractivity contribution < 1.29 is 13.9 Å². The van der Waals surface area contributed by atoms with Crippen LogP contribution < -0.4 is 0 Å². The van der Waals surface area contributed by atoms with Gasteiger partial charge in [-0.15, -0.1) is 0 Å². The number of aromatic nitrogens is 2. The number of esters is 1. The van der Waals surface area contributed by atoms with Gasteiger partial charge < -0.3 is 4.74 Å². The van der Waals surface area contributed by atoms with E-state index in [1.54, 1.807) is 13.1 Å². The zero-order valence-corrected chi connectivity index (χ0v) is 15.7. The number of hydrogen-bond donors (Lipinski definition) is 0. The van der Waals surface area contributed by atoms with E-state index in [1.807, 2.05) is 6.07 Å². The highest BCUT2D eigenvalue weighted by atomic mass is 35.5. The molecule has 1 aromatic heterocycles. The number of unbranched alkanes of at least 4 members (excludes halogenated alkanes) is 1. The Bertz CT molecular complexity index is 865. The monoisotopic (exact) mass is 376 g/mol. The van der Waals surface area contributed by atoms with E-state index in [-0.39, 0.29) is 22.5 Å². The molecular formula is C20H22ClFN2O2. The summed E-state index contributed by atoms with van der Waals surface area (Å²) in [7, 11) is 1.67. The minimum absolute atomic E-state index is 0.193. The number of benzene rings is 1. The molecule has 1 aromatic carbocycles. The molecule has 0 spiro atoms. The normalized spacial score (nSPS) is 26.2. The number of aryl methyl sites for hydroxylation is 1. The van der Waals surface area contributed by atoms with Crippen molar-refractivity contribution in [2.24, 2.45) is 13.0 Å². The van der Waals surface area contributed by atoms with E-state index in [2.05, 4.69) is 12.0 Å². The van der Waals surface area contributed by atoms with Crippen LogP contribution in [-0.2, 0) is 17.4 Å². The van der Waals surface area contributed by atoms with Gasteiger partial charge in [-0.2, -0.15) is 5.10 Å². The van der Waals surface area contributed by atoms with Crippen molar-refractivity contribution in [3.63, 3.8) is 0 Å². The van der Waals surface area contributed by atoms with Gasteiger partial charge in [-0.3, -0.25) is 4.68 Å². The smallest absolute Gasteiger partial charge is 0.343 e. The van der Waals surface area contributed by atoms with Crippen molar-refractivity contribution in [3.05, 3.63) is 52.1 Å². The molecule has 1 saturated carbocycles. The first-order valence-corrected chi connectivity index (χ1v) is 9.56. The molecule has 0 amide bonds. The molecule has 0 N–H and O–H groups in total. The first kappa shape index (κ1) is 17.5. The Morgan fingerprint density at radius 3 is 3.00 bits per heavy atom. The molecule has 4 nitrogen and oxygen atoms in total. The highest BCUT2D eigenvalue weighted by Gasteiger charge is 2.59. The number of halogens is 2. The van der Waals surface area contributed by atoms with Crippen LogP contribution in [-0.4, -0.2) is 15.7 Å². The Labute approximate surface area is 157 Å². The molecule has 4 rings (SSSR count). The molecule has 26 heavy (non-hydrogen) atoms. The van der Waals surface area contributed by atoms with E-state index in [9.17, 15) is 9.18 Å². The van der Waals surface area contributed by atoms with Crippen LogP contribution in [0.4, 0.5) is 4.39 Å². The molecule has 0 radical (unpaired) electrons. The van der Waals surface area contributed by atoms with Gasteiger partial charge in [-0.05, 0) is 42.9 Å². The van der Waals surface area contributed by atoms with Gasteiger partial charge in [0.15, 0.2) is 0 Å². The topological polar surface area (TPSA) is 44.1 Å². The number of ether oxygens (including phenoxy) is 1. The van der Waals surface area contributed by atoms with E-state index in [4.69, 9.17) is 16.3 Å². The molecule has 2 aromatic rings. The molecule has 1 fully saturated rings. The average molecular weight is 377 g/mol. The third-order valence-electron chi connectivity index (χ3n) is 6.01. The van der Waals surface area contributed by atoms with Crippen LogP contribution in [0.2, 0.25) is 5.15 Å². The molecule has 2 aliphatic carbocycles.